The van der Waals surface area contributed by atoms with Crippen LogP contribution in [0.1, 0.15) is 20.8 Å². The standard InChI is InChI=1S/C23H28FN3O3/c1-4-27-20-13-18(29-12-11-24)9-10-19(20)21(25)22(27)16-5-7-17(8-6-16)26-23(28)30-14-15(2)3/h5-10,13,15H,4,11-12,14,25H2,1-3H3,(H,26,28). The molecular formula is C23H28FN3O3. The van der Waals surface area contributed by atoms with Crippen LogP contribution >= 0.6 is 0 Å². The molecule has 0 unspecified atom stereocenters. The molecule has 0 aliphatic heterocycles. The van der Waals surface area contributed by atoms with Crippen molar-refractivity contribution in [2.75, 3.05) is 30.9 Å². The number of nitrogen functional groups attached to an aromatic ring is 1. The van der Waals surface area contributed by atoms with Gasteiger partial charge >= 0.3 is 6.09 Å². The van der Waals surface area contributed by atoms with Crippen molar-refractivity contribution in [3.63, 3.8) is 0 Å². The second kappa shape index (κ2) is 9.52. The second-order valence-corrected chi connectivity index (χ2v) is 7.42. The van der Waals surface area contributed by atoms with E-state index in [0.29, 0.717) is 30.3 Å². The number of carbonyl (C=O) groups excluding carboxylic acids is 1. The first-order valence-electron chi connectivity index (χ1n) is 10.1. The summed E-state index contributed by atoms with van der Waals surface area (Å²) in [6.45, 7) is 6.56. The SMILES string of the molecule is CCn1c(-c2ccc(NC(=O)OCC(C)C)cc2)c(N)c2ccc(OCCF)cc21. The summed E-state index contributed by atoms with van der Waals surface area (Å²) in [5, 5.41) is 3.64. The monoisotopic (exact) mass is 413 g/mol. The van der Waals surface area contributed by atoms with Crippen molar-refractivity contribution in [1.82, 2.24) is 4.57 Å². The van der Waals surface area contributed by atoms with Crippen molar-refractivity contribution < 1.29 is 18.7 Å². The molecule has 3 rings (SSSR count). The van der Waals surface area contributed by atoms with Gasteiger partial charge in [-0.1, -0.05) is 26.0 Å². The van der Waals surface area contributed by atoms with Crippen LogP contribution < -0.4 is 15.8 Å². The molecule has 0 fully saturated rings. The van der Waals surface area contributed by atoms with Crippen molar-refractivity contribution in [3.8, 4) is 17.0 Å². The molecule has 1 amide bonds. The van der Waals surface area contributed by atoms with Gasteiger partial charge in [-0.25, -0.2) is 9.18 Å². The van der Waals surface area contributed by atoms with Gasteiger partial charge in [-0.2, -0.15) is 0 Å². The molecular weight excluding hydrogens is 385 g/mol. The number of rotatable bonds is 8. The summed E-state index contributed by atoms with van der Waals surface area (Å²) in [4.78, 5) is 11.9. The van der Waals surface area contributed by atoms with Crippen LogP contribution in [0.25, 0.3) is 22.2 Å². The fraction of sp³-hybridized carbons (Fsp3) is 0.348. The minimum absolute atomic E-state index is 0.0226. The van der Waals surface area contributed by atoms with Crippen LogP contribution in [0.5, 0.6) is 5.75 Å². The highest BCUT2D eigenvalue weighted by molar-refractivity contribution is 6.01. The molecule has 1 heterocycles. The van der Waals surface area contributed by atoms with E-state index in [9.17, 15) is 9.18 Å². The van der Waals surface area contributed by atoms with E-state index in [4.69, 9.17) is 15.2 Å². The summed E-state index contributed by atoms with van der Waals surface area (Å²) in [6, 6.07) is 13.0. The summed E-state index contributed by atoms with van der Waals surface area (Å²) in [5.74, 6) is 0.887. The van der Waals surface area contributed by atoms with Crippen LogP contribution in [0, 0.1) is 5.92 Å². The molecule has 30 heavy (non-hydrogen) atoms. The predicted octanol–water partition coefficient (Wildman–Crippen LogP) is 5.46. The summed E-state index contributed by atoms with van der Waals surface area (Å²) >= 11 is 0. The zero-order valence-corrected chi connectivity index (χ0v) is 17.6. The van der Waals surface area contributed by atoms with Gasteiger partial charge in [0.05, 0.1) is 23.5 Å². The lowest BCUT2D eigenvalue weighted by molar-refractivity contribution is 0.147. The Bertz CT molecular complexity index is 1010. The normalized spacial score (nSPS) is 11.1. The van der Waals surface area contributed by atoms with Gasteiger partial charge in [0.1, 0.15) is 19.0 Å². The third kappa shape index (κ3) is 4.67. The van der Waals surface area contributed by atoms with Gasteiger partial charge < -0.3 is 19.8 Å². The van der Waals surface area contributed by atoms with Gasteiger partial charge in [0, 0.05) is 29.2 Å². The fourth-order valence-corrected chi connectivity index (χ4v) is 3.35. The number of hydrogen-bond donors (Lipinski definition) is 2. The molecule has 2 aromatic carbocycles. The number of fused-ring (bicyclic) bond motifs is 1. The van der Waals surface area contributed by atoms with Crippen LogP contribution in [0.3, 0.4) is 0 Å². The number of anilines is 2. The molecule has 0 saturated heterocycles. The number of hydrogen-bond acceptors (Lipinski definition) is 4. The Balaban J connectivity index is 1.88. The smallest absolute Gasteiger partial charge is 0.411 e. The van der Waals surface area contributed by atoms with Crippen molar-refractivity contribution in [2.45, 2.75) is 27.3 Å². The number of halogens is 1. The highest BCUT2D eigenvalue weighted by Crippen LogP contribution is 2.38. The first kappa shape index (κ1) is 21.5. The number of benzene rings is 2. The van der Waals surface area contributed by atoms with E-state index >= 15 is 0 Å². The first-order chi connectivity index (χ1) is 14.4. The van der Waals surface area contributed by atoms with Crippen LogP contribution in [0.4, 0.5) is 20.6 Å². The molecule has 7 heteroatoms. The van der Waals surface area contributed by atoms with Crippen molar-refractivity contribution in [2.24, 2.45) is 5.92 Å². The van der Waals surface area contributed by atoms with E-state index in [2.05, 4.69) is 9.88 Å². The Hall–Kier alpha value is -3.22. The van der Waals surface area contributed by atoms with E-state index in [0.717, 1.165) is 22.2 Å². The lowest BCUT2D eigenvalue weighted by atomic mass is 10.1. The number of nitrogens with zero attached hydrogens (tertiary/aromatic N) is 1. The minimum atomic E-state index is -0.536. The summed E-state index contributed by atoms with van der Waals surface area (Å²) in [5.41, 5.74) is 10.5. The van der Waals surface area contributed by atoms with E-state index in [1.54, 1.807) is 6.07 Å². The van der Waals surface area contributed by atoms with Gasteiger partial charge in [0.2, 0.25) is 0 Å². The molecule has 3 aromatic rings. The molecule has 0 aliphatic carbocycles. The molecule has 0 aliphatic rings. The van der Waals surface area contributed by atoms with Gasteiger partial charge in [-0.15, -0.1) is 0 Å². The zero-order valence-electron chi connectivity index (χ0n) is 17.6. The summed E-state index contributed by atoms with van der Waals surface area (Å²) in [7, 11) is 0. The number of aryl methyl sites for hydroxylation is 1. The Morgan fingerprint density at radius 3 is 2.57 bits per heavy atom. The zero-order chi connectivity index (χ0) is 21.7. The van der Waals surface area contributed by atoms with Gasteiger partial charge in [-0.05, 0) is 37.1 Å². The van der Waals surface area contributed by atoms with E-state index < -0.39 is 12.8 Å². The van der Waals surface area contributed by atoms with Crippen LogP contribution in [-0.4, -0.2) is 30.5 Å². The maximum Gasteiger partial charge on any atom is 0.411 e. The molecule has 0 bridgehead atoms. The highest BCUT2D eigenvalue weighted by atomic mass is 19.1. The second-order valence-electron chi connectivity index (χ2n) is 7.42. The summed E-state index contributed by atoms with van der Waals surface area (Å²) in [6.07, 6.45) is -0.473. The molecule has 0 spiro atoms. The van der Waals surface area contributed by atoms with Crippen LogP contribution in [0.2, 0.25) is 0 Å². The van der Waals surface area contributed by atoms with E-state index in [1.165, 1.54) is 0 Å². The number of carbonyl (C=O) groups is 1. The number of nitrogens with one attached hydrogen (secondary N) is 1. The van der Waals surface area contributed by atoms with Crippen molar-refractivity contribution >= 4 is 28.4 Å². The van der Waals surface area contributed by atoms with Gasteiger partial charge in [0.25, 0.3) is 0 Å². The Morgan fingerprint density at radius 2 is 1.93 bits per heavy atom. The molecule has 160 valence electrons. The fourth-order valence-electron chi connectivity index (χ4n) is 3.35. The number of amides is 1. The molecule has 0 saturated carbocycles. The maximum absolute atomic E-state index is 12.4. The average molecular weight is 413 g/mol. The third-order valence-electron chi connectivity index (χ3n) is 4.69. The Morgan fingerprint density at radius 1 is 1.20 bits per heavy atom. The van der Waals surface area contributed by atoms with Crippen LogP contribution in [0.15, 0.2) is 42.5 Å². The first-order valence-corrected chi connectivity index (χ1v) is 10.1. The maximum atomic E-state index is 12.4. The summed E-state index contributed by atoms with van der Waals surface area (Å²) < 4.78 is 25.1. The lowest BCUT2D eigenvalue weighted by Crippen LogP contribution is -2.16. The topological polar surface area (TPSA) is 78.5 Å². The molecule has 0 atom stereocenters. The Kier molecular flexibility index (Phi) is 6.82. The average Bonchev–Trinajstić information content (AvgIpc) is 3.02. The number of alkyl halides is 1. The molecule has 3 N–H and O–H groups in total. The number of aromatic nitrogens is 1. The van der Waals surface area contributed by atoms with Crippen molar-refractivity contribution in [1.29, 1.82) is 0 Å². The number of ether oxygens (including phenoxy) is 2. The van der Waals surface area contributed by atoms with E-state index in [1.807, 2.05) is 57.2 Å². The minimum Gasteiger partial charge on any atom is -0.491 e. The van der Waals surface area contributed by atoms with Gasteiger partial charge in [0.15, 0.2) is 0 Å². The molecule has 0 radical (unpaired) electrons. The predicted molar refractivity (Wildman–Crippen MR) is 119 cm³/mol. The lowest BCUT2D eigenvalue weighted by Gasteiger charge is -2.11. The molecule has 6 nitrogen and oxygen atoms in total. The highest BCUT2D eigenvalue weighted by Gasteiger charge is 2.17. The third-order valence-corrected chi connectivity index (χ3v) is 4.69. The van der Waals surface area contributed by atoms with Crippen molar-refractivity contribution in [3.05, 3.63) is 42.5 Å². The molecule has 1 aromatic heterocycles. The Labute approximate surface area is 175 Å². The van der Waals surface area contributed by atoms with Gasteiger partial charge in [-0.3, -0.25) is 5.32 Å². The largest absolute Gasteiger partial charge is 0.491 e. The quantitative estimate of drug-likeness (QED) is 0.514. The van der Waals surface area contributed by atoms with E-state index in [-0.39, 0.29) is 12.5 Å². The number of nitrogens with two attached hydrogens (primary N) is 1. The van der Waals surface area contributed by atoms with Crippen LogP contribution in [-0.2, 0) is 11.3 Å².